The van der Waals surface area contributed by atoms with Crippen molar-refractivity contribution in [1.29, 1.82) is 0 Å². The molecule has 8 heteroatoms. The first-order valence-corrected chi connectivity index (χ1v) is 8.45. The molecule has 0 aliphatic carbocycles. The van der Waals surface area contributed by atoms with E-state index in [1.165, 1.54) is 33.5 Å². The largest absolute Gasteiger partial charge is 0.493 e. The van der Waals surface area contributed by atoms with Crippen LogP contribution in [-0.4, -0.2) is 36.9 Å². The summed E-state index contributed by atoms with van der Waals surface area (Å²) in [5.41, 5.74) is 2.25. The second kappa shape index (κ2) is 7.59. The van der Waals surface area contributed by atoms with Gasteiger partial charge in [0.1, 0.15) is 0 Å². The van der Waals surface area contributed by atoms with Gasteiger partial charge < -0.3 is 23.9 Å². The number of hydrogen-bond acceptors (Lipinski definition) is 6. The van der Waals surface area contributed by atoms with Crippen molar-refractivity contribution in [3.05, 3.63) is 41.5 Å². The van der Waals surface area contributed by atoms with Crippen molar-refractivity contribution >= 4 is 22.5 Å². The molecule has 0 spiro atoms. The Morgan fingerprint density at radius 3 is 2.25 bits per heavy atom. The van der Waals surface area contributed by atoms with Gasteiger partial charge in [-0.15, -0.1) is 10.2 Å². The van der Waals surface area contributed by atoms with E-state index in [-0.39, 0.29) is 17.1 Å². The van der Waals surface area contributed by atoms with Crippen molar-refractivity contribution in [2.75, 3.05) is 21.3 Å². The molecule has 1 aromatic heterocycles. The van der Waals surface area contributed by atoms with Gasteiger partial charge in [0.05, 0.1) is 32.4 Å². The van der Waals surface area contributed by atoms with Gasteiger partial charge in [-0.3, -0.25) is 4.79 Å². The first-order valence-electron chi connectivity index (χ1n) is 8.45. The molecular formula is C20H21N3O5. The van der Waals surface area contributed by atoms with Gasteiger partial charge in [0, 0.05) is 12.4 Å². The summed E-state index contributed by atoms with van der Waals surface area (Å²) in [6.07, 6.45) is 0. The molecule has 8 nitrogen and oxygen atoms in total. The maximum absolute atomic E-state index is 12.6. The Hall–Kier alpha value is -3.55. The number of hydrogen-bond donors (Lipinski definition) is 1. The zero-order valence-corrected chi connectivity index (χ0v) is 16.3. The van der Waals surface area contributed by atoms with E-state index >= 15 is 0 Å². The van der Waals surface area contributed by atoms with E-state index in [9.17, 15) is 9.90 Å². The van der Waals surface area contributed by atoms with Gasteiger partial charge in [-0.05, 0) is 31.2 Å². The number of carbonyl (C=O) groups excluding carboxylic acids is 1. The van der Waals surface area contributed by atoms with Crippen LogP contribution in [0, 0.1) is 6.92 Å². The molecule has 1 heterocycles. The lowest BCUT2D eigenvalue weighted by atomic mass is 10.1. The number of carbonyl (C=O) groups is 1. The van der Waals surface area contributed by atoms with Crippen molar-refractivity contribution in [3.63, 3.8) is 0 Å². The van der Waals surface area contributed by atoms with Crippen LogP contribution >= 0.6 is 0 Å². The van der Waals surface area contributed by atoms with Gasteiger partial charge in [-0.2, -0.15) is 0 Å². The highest BCUT2D eigenvalue weighted by molar-refractivity contribution is 5.98. The fourth-order valence-corrected chi connectivity index (χ4v) is 2.98. The minimum Gasteiger partial charge on any atom is -0.493 e. The highest BCUT2D eigenvalue weighted by Crippen LogP contribution is 2.40. The molecule has 0 aliphatic heterocycles. The summed E-state index contributed by atoms with van der Waals surface area (Å²) in [5.74, 6) is 0.374. The topological polar surface area (TPSA) is 94.6 Å². The maximum Gasteiger partial charge on any atom is 0.295 e. The van der Waals surface area contributed by atoms with Gasteiger partial charge in [-0.25, -0.2) is 0 Å². The third-order valence-electron chi connectivity index (χ3n) is 4.45. The molecule has 0 unspecified atom stereocenters. The second-order valence-electron chi connectivity index (χ2n) is 6.17. The van der Waals surface area contributed by atoms with Crippen molar-refractivity contribution in [2.24, 2.45) is 17.3 Å². The molecule has 0 fully saturated rings. The minimum atomic E-state index is -0.608. The van der Waals surface area contributed by atoms with E-state index in [1.54, 1.807) is 11.6 Å². The lowest BCUT2D eigenvalue weighted by Crippen LogP contribution is -2.00. The fourth-order valence-electron chi connectivity index (χ4n) is 2.98. The molecule has 0 aliphatic rings. The Balaban J connectivity index is 2.02. The van der Waals surface area contributed by atoms with Crippen LogP contribution in [0.1, 0.15) is 15.9 Å². The van der Waals surface area contributed by atoms with Gasteiger partial charge in [0.2, 0.25) is 11.6 Å². The number of aromatic hydroxyl groups is 1. The van der Waals surface area contributed by atoms with Crippen molar-refractivity contribution < 1.29 is 24.1 Å². The lowest BCUT2D eigenvalue weighted by Gasteiger charge is -2.12. The summed E-state index contributed by atoms with van der Waals surface area (Å²) in [5, 5.41) is 18.9. The van der Waals surface area contributed by atoms with Crippen LogP contribution in [0.2, 0.25) is 0 Å². The van der Waals surface area contributed by atoms with Crippen LogP contribution in [0.4, 0.5) is 5.69 Å². The summed E-state index contributed by atoms with van der Waals surface area (Å²) >= 11 is 0. The van der Waals surface area contributed by atoms with Gasteiger partial charge >= 0.3 is 0 Å². The highest BCUT2D eigenvalue weighted by atomic mass is 16.5. The molecule has 0 radical (unpaired) electrons. The van der Waals surface area contributed by atoms with E-state index < -0.39 is 5.91 Å². The van der Waals surface area contributed by atoms with E-state index in [2.05, 4.69) is 10.2 Å². The number of amides is 1. The summed E-state index contributed by atoms with van der Waals surface area (Å²) in [7, 11) is 6.12. The Morgan fingerprint density at radius 2 is 1.68 bits per heavy atom. The summed E-state index contributed by atoms with van der Waals surface area (Å²) in [6.45, 7) is 1.94. The van der Waals surface area contributed by atoms with Gasteiger partial charge in [0.15, 0.2) is 17.2 Å². The number of aryl methyl sites for hydroxylation is 2. The predicted molar refractivity (Wildman–Crippen MR) is 104 cm³/mol. The molecule has 0 atom stereocenters. The average Bonchev–Trinajstić information content (AvgIpc) is 2.94. The highest BCUT2D eigenvalue weighted by Gasteiger charge is 2.18. The monoisotopic (exact) mass is 383 g/mol. The Morgan fingerprint density at radius 1 is 1.04 bits per heavy atom. The standard InChI is InChI=1S/C20H21N3O5/c1-11-6-7-14-13(8-11)17(20(25)23(14)2)21-22-19(24)12-9-15(26-3)18(28-5)16(10-12)27-4/h6-10,25H,1-5H3. The van der Waals surface area contributed by atoms with Crippen molar-refractivity contribution in [3.8, 4) is 23.1 Å². The number of methoxy groups -OCH3 is 3. The number of rotatable bonds is 5. The van der Waals surface area contributed by atoms with Crippen molar-refractivity contribution in [1.82, 2.24) is 4.57 Å². The smallest absolute Gasteiger partial charge is 0.295 e. The van der Waals surface area contributed by atoms with E-state index in [4.69, 9.17) is 14.2 Å². The first kappa shape index (κ1) is 19.2. The van der Waals surface area contributed by atoms with Crippen LogP contribution in [0.5, 0.6) is 23.1 Å². The number of nitrogens with zero attached hydrogens (tertiary/aromatic N) is 3. The third-order valence-corrected chi connectivity index (χ3v) is 4.45. The van der Waals surface area contributed by atoms with Crippen LogP contribution in [0.3, 0.4) is 0 Å². The zero-order chi connectivity index (χ0) is 20.4. The maximum atomic E-state index is 12.6. The first-order chi connectivity index (χ1) is 13.4. The van der Waals surface area contributed by atoms with E-state index in [0.29, 0.717) is 22.6 Å². The van der Waals surface area contributed by atoms with E-state index in [1.807, 2.05) is 25.1 Å². The van der Waals surface area contributed by atoms with Gasteiger partial charge in [0.25, 0.3) is 5.91 Å². The molecule has 1 amide bonds. The van der Waals surface area contributed by atoms with Crippen LogP contribution in [0.15, 0.2) is 40.6 Å². The molecule has 3 rings (SSSR count). The molecule has 0 saturated heterocycles. The Bertz CT molecular complexity index is 1060. The quantitative estimate of drug-likeness (QED) is 0.668. The second-order valence-corrected chi connectivity index (χ2v) is 6.17. The number of azo groups is 1. The van der Waals surface area contributed by atoms with Crippen molar-refractivity contribution in [2.45, 2.75) is 6.92 Å². The molecule has 1 N–H and O–H groups in total. The van der Waals surface area contributed by atoms with Crippen LogP contribution < -0.4 is 14.2 Å². The average molecular weight is 383 g/mol. The number of ether oxygens (including phenoxy) is 3. The Labute approximate surface area is 162 Å². The summed E-state index contributed by atoms with van der Waals surface area (Å²) in [6, 6.07) is 8.69. The molecule has 3 aromatic rings. The third kappa shape index (κ3) is 3.24. The minimum absolute atomic E-state index is 0.0676. The van der Waals surface area contributed by atoms with Crippen LogP contribution in [-0.2, 0) is 7.05 Å². The summed E-state index contributed by atoms with van der Waals surface area (Å²) in [4.78, 5) is 12.6. The fraction of sp³-hybridized carbons (Fsp3) is 0.250. The number of aromatic nitrogens is 1. The number of benzene rings is 2. The molecule has 0 bridgehead atoms. The normalized spacial score (nSPS) is 11.2. The molecular weight excluding hydrogens is 362 g/mol. The molecule has 2 aromatic carbocycles. The zero-order valence-electron chi connectivity index (χ0n) is 16.3. The van der Waals surface area contributed by atoms with Crippen LogP contribution in [0.25, 0.3) is 10.9 Å². The molecule has 28 heavy (non-hydrogen) atoms. The SMILES string of the molecule is COc1cc(C(=O)N=Nc2c(O)n(C)c3ccc(C)cc23)cc(OC)c1OC. The summed E-state index contributed by atoms with van der Waals surface area (Å²) < 4.78 is 17.3. The molecule has 0 saturated carbocycles. The molecule has 146 valence electrons. The van der Waals surface area contributed by atoms with Gasteiger partial charge in [-0.1, -0.05) is 11.6 Å². The van der Waals surface area contributed by atoms with E-state index in [0.717, 1.165) is 11.1 Å². The Kier molecular flexibility index (Phi) is 5.21. The number of fused-ring (bicyclic) bond motifs is 1. The lowest BCUT2D eigenvalue weighted by molar-refractivity contribution is 0.0994. The predicted octanol–water partition coefficient (Wildman–Crippen LogP) is 4.14.